The van der Waals surface area contributed by atoms with Gasteiger partial charge in [-0.15, -0.1) is 0 Å². The quantitative estimate of drug-likeness (QED) is 0.943. The Hall–Kier alpha value is -1.65. The topological polar surface area (TPSA) is 39.1 Å². The molecule has 23 heavy (non-hydrogen) atoms. The molecule has 1 saturated heterocycles. The van der Waals surface area contributed by atoms with Crippen molar-refractivity contribution < 1.29 is 4.74 Å². The third-order valence-electron chi connectivity index (χ3n) is 5.17. The number of fused-ring (bicyclic) bond motifs is 1. The van der Waals surface area contributed by atoms with Crippen LogP contribution in [0.3, 0.4) is 0 Å². The Morgan fingerprint density at radius 2 is 2.04 bits per heavy atom. The highest BCUT2D eigenvalue weighted by atomic mass is 16.5. The van der Waals surface area contributed by atoms with Crippen LogP contribution in [0.15, 0.2) is 36.7 Å². The van der Waals surface area contributed by atoms with Crippen molar-refractivity contribution in [2.75, 3.05) is 6.61 Å². The average molecular weight is 311 g/mol. The van der Waals surface area contributed by atoms with E-state index in [1.54, 1.807) is 0 Å². The highest BCUT2D eigenvalue weighted by Crippen LogP contribution is 2.30. The summed E-state index contributed by atoms with van der Waals surface area (Å²) in [6.07, 6.45) is 8.55. The minimum Gasteiger partial charge on any atom is -0.369 e. The molecule has 0 spiro atoms. The molecule has 1 aromatic heterocycles. The maximum atomic E-state index is 6.12. The lowest BCUT2D eigenvalue weighted by atomic mass is 10.00. The van der Waals surface area contributed by atoms with Crippen molar-refractivity contribution in [3.63, 3.8) is 0 Å². The maximum Gasteiger partial charge on any atom is 0.139 e. The van der Waals surface area contributed by atoms with Crippen molar-refractivity contribution in [3.05, 3.63) is 53.6 Å². The van der Waals surface area contributed by atoms with E-state index in [-0.39, 0.29) is 6.10 Å². The van der Waals surface area contributed by atoms with E-state index in [0.717, 1.165) is 44.7 Å². The standard InChI is InChI=1S/C19H25N3O/c1-2-22-10-9-20-19(22)18-17(8-5-11-23-18)21-16-12-14-6-3-4-7-15(14)13-16/h3-4,6-7,9-10,16-18,21H,2,5,8,11-13H2,1H3/t17-,18-/m0/s1. The molecule has 1 aromatic carbocycles. The Kier molecular flexibility index (Phi) is 4.19. The summed E-state index contributed by atoms with van der Waals surface area (Å²) in [5, 5.41) is 3.88. The van der Waals surface area contributed by atoms with Crippen LogP contribution >= 0.6 is 0 Å². The maximum absolute atomic E-state index is 6.12. The van der Waals surface area contributed by atoms with Gasteiger partial charge in [-0.25, -0.2) is 4.98 Å². The molecule has 4 rings (SSSR count). The van der Waals surface area contributed by atoms with Crippen molar-refractivity contribution in [2.24, 2.45) is 0 Å². The van der Waals surface area contributed by atoms with E-state index in [1.807, 2.05) is 6.20 Å². The number of hydrogen-bond acceptors (Lipinski definition) is 3. The van der Waals surface area contributed by atoms with Crippen LogP contribution in [0.2, 0.25) is 0 Å². The predicted octanol–water partition coefficient (Wildman–Crippen LogP) is 2.88. The summed E-state index contributed by atoms with van der Waals surface area (Å²) in [5.74, 6) is 1.07. The second kappa shape index (κ2) is 6.46. The van der Waals surface area contributed by atoms with Crippen molar-refractivity contribution >= 4 is 0 Å². The van der Waals surface area contributed by atoms with Gasteiger partial charge in [0.2, 0.25) is 0 Å². The molecule has 1 aliphatic heterocycles. The van der Waals surface area contributed by atoms with Crippen molar-refractivity contribution in [3.8, 4) is 0 Å². The zero-order valence-electron chi connectivity index (χ0n) is 13.7. The van der Waals surface area contributed by atoms with Crippen LogP contribution in [-0.2, 0) is 24.1 Å². The van der Waals surface area contributed by atoms with Gasteiger partial charge in [0, 0.05) is 37.6 Å². The second-order valence-electron chi connectivity index (χ2n) is 6.65. The number of nitrogens with one attached hydrogen (secondary N) is 1. The van der Waals surface area contributed by atoms with E-state index in [1.165, 1.54) is 11.1 Å². The molecule has 1 aliphatic carbocycles. The van der Waals surface area contributed by atoms with Gasteiger partial charge in [0.25, 0.3) is 0 Å². The molecule has 4 heteroatoms. The average Bonchev–Trinajstić information content (AvgIpc) is 3.21. The number of aryl methyl sites for hydroxylation is 1. The Morgan fingerprint density at radius 1 is 1.26 bits per heavy atom. The summed E-state index contributed by atoms with van der Waals surface area (Å²) < 4.78 is 8.32. The first-order valence-electron chi connectivity index (χ1n) is 8.80. The fourth-order valence-corrected chi connectivity index (χ4v) is 4.03. The molecule has 0 bridgehead atoms. The minimum atomic E-state index is 0.0717. The van der Waals surface area contributed by atoms with Gasteiger partial charge in [0.1, 0.15) is 11.9 Å². The first-order chi connectivity index (χ1) is 11.3. The third kappa shape index (κ3) is 2.93. The number of rotatable bonds is 4. The van der Waals surface area contributed by atoms with E-state index >= 15 is 0 Å². The van der Waals surface area contributed by atoms with Gasteiger partial charge in [-0.2, -0.15) is 0 Å². The summed E-state index contributed by atoms with van der Waals surface area (Å²) in [6.45, 7) is 3.94. The van der Waals surface area contributed by atoms with Gasteiger partial charge in [-0.3, -0.25) is 0 Å². The van der Waals surface area contributed by atoms with Gasteiger partial charge in [0.05, 0.1) is 0 Å². The molecule has 0 radical (unpaired) electrons. The molecule has 4 nitrogen and oxygen atoms in total. The van der Waals surface area contributed by atoms with Gasteiger partial charge in [-0.1, -0.05) is 24.3 Å². The summed E-state index contributed by atoms with van der Waals surface area (Å²) >= 11 is 0. The lowest BCUT2D eigenvalue weighted by Crippen LogP contribution is -2.46. The van der Waals surface area contributed by atoms with Crippen LogP contribution in [0, 0.1) is 0 Å². The van der Waals surface area contributed by atoms with Crippen molar-refractivity contribution in [1.82, 2.24) is 14.9 Å². The number of benzene rings is 1. The third-order valence-corrected chi connectivity index (χ3v) is 5.17. The van der Waals surface area contributed by atoms with E-state index in [9.17, 15) is 0 Å². The zero-order chi connectivity index (χ0) is 15.6. The fourth-order valence-electron chi connectivity index (χ4n) is 4.03. The van der Waals surface area contributed by atoms with Crippen molar-refractivity contribution in [1.29, 1.82) is 0 Å². The highest BCUT2D eigenvalue weighted by molar-refractivity contribution is 5.33. The van der Waals surface area contributed by atoms with Gasteiger partial charge in [-0.05, 0) is 43.7 Å². The zero-order valence-corrected chi connectivity index (χ0v) is 13.7. The van der Waals surface area contributed by atoms with E-state index in [2.05, 4.69) is 52.3 Å². The molecule has 1 fully saturated rings. The molecule has 2 heterocycles. The number of imidazole rings is 1. The Bertz CT molecular complexity index is 641. The van der Waals surface area contributed by atoms with Crippen LogP contribution in [0.4, 0.5) is 0 Å². The van der Waals surface area contributed by atoms with Crippen LogP contribution in [0.5, 0.6) is 0 Å². The van der Waals surface area contributed by atoms with Gasteiger partial charge in [0.15, 0.2) is 0 Å². The summed E-state index contributed by atoms with van der Waals surface area (Å²) in [4.78, 5) is 4.57. The molecule has 1 N–H and O–H groups in total. The lowest BCUT2D eigenvalue weighted by molar-refractivity contribution is -0.0205. The smallest absolute Gasteiger partial charge is 0.139 e. The summed E-state index contributed by atoms with van der Waals surface area (Å²) in [6, 6.07) is 9.69. The van der Waals surface area contributed by atoms with E-state index < -0.39 is 0 Å². The molecule has 0 amide bonds. The molecular weight excluding hydrogens is 286 g/mol. The van der Waals surface area contributed by atoms with Crippen LogP contribution < -0.4 is 5.32 Å². The number of hydrogen-bond donors (Lipinski definition) is 1. The normalized spacial score (nSPS) is 24.7. The fraction of sp³-hybridized carbons (Fsp3) is 0.526. The summed E-state index contributed by atoms with van der Waals surface area (Å²) in [7, 11) is 0. The van der Waals surface area contributed by atoms with Crippen molar-refractivity contribution in [2.45, 2.75) is 57.3 Å². The molecule has 0 saturated carbocycles. The monoisotopic (exact) mass is 311 g/mol. The number of ether oxygens (including phenoxy) is 1. The molecule has 2 aromatic rings. The molecule has 122 valence electrons. The number of nitrogens with zero attached hydrogens (tertiary/aromatic N) is 2. The van der Waals surface area contributed by atoms with Crippen LogP contribution in [-0.4, -0.2) is 28.2 Å². The summed E-state index contributed by atoms with van der Waals surface area (Å²) in [5.41, 5.74) is 2.99. The first-order valence-corrected chi connectivity index (χ1v) is 8.80. The van der Waals surface area contributed by atoms with Gasteiger partial charge < -0.3 is 14.6 Å². The Balaban J connectivity index is 1.49. The van der Waals surface area contributed by atoms with Gasteiger partial charge >= 0.3 is 0 Å². The molecule has 2 atom stereocenters. The Labute approximate surface area is 137 Å². The molecule has 0 unspecified atom stereocenters. The largest absolute Gasteiger partial charge is 0.369 e. The molecular formula is C19H25N3O. The van der Waals surface area contributed by atoms with E-state index in [0.29, 0.717) is 12.1 Å². The van der Waals surface area contributed by atoms with Crippen LogP contribution in [0.25, 0.3) is 0 Å². The molecule has 2 aliphatic rings. The van der Waals surface area contributed by atoms with E-state index in [4.69, 9.17) is 4.74 Å². The first kappa shape index (κ1) is 14.9. The number of aromatic nitrogens is 2. The van der Waals surface area contributed by atoms with Crippen LogP contribution in [0.1, 0.15) is 42.8 Å². The predicted molar refractivity (Wildman–Crippen MR) is 90.4 cm³/mol. The Morgan fingerprint density at radius 3 is 2.78 bits per heavy atom. The second-order valence-corrected chi connectivity index (χ2v) is 6.65. The SMILES string of the molecule is CCn1ccnc1[C@H]1OCCC[C@@H]1NC1Cc2ccccc2C1. The highest BCUT2D eigenvalue weighted by Gasteiger charge is 2.33. The minimum absolute atomic E-state index is 0.0717. The lowest BCUT2D eigenvalue weighted by Gasteiger charge is -2.34.